The summed E-state index contributed by atoms with van der Waals surface area (Å²) in [5.41, 5.74) is -0.484. The fourth-order valence-electron chi connectivity index (χ4n) is 1.83. The lowest BCUT2D eigenvalue weighted by Crippen LogP contribution is -2.41. The lowest BCUT2D eigenvalue weighted by atomic mass is 10.2. The van der Waals surface area contributed by atoms with Gasteiger partial charge in [0.05, 0.1) is 5.56 Å². The van der Waals surface area contributed by atoms with Crippen LogP contribution in [-0.4, -0.2) is 42.0 Å². The molecule has 3 amide bonds. The Bertz CT molecular complexity index is 606. The third-order valence-corrected chi connectivity index (χ3v) is 2.91. The van der Waals surface area contributed by atoms with Crippen molar-refractivity contribution in [2.45, 2.75) is 13.0 Å². The third-order valence-electron chi connectivity index (χ3n) is 2.91. The quantitative estimate of drug-likeness (QED) is 0.847. The van der Waals surface area contributed by atoms with Crippen molar-refractivity contribution >= 4 is 17.9 Å². The van der Waals surface area contributed by atoms with Crippen molar-refractivity contribution in [2.24, 2.45) is 0 Å². The summed E-state index contributed by atoms with van der Waals surface area (Å²) in [6.07, 6.45) is -1.26. The second kappa shape index (κ2) is 5.86. The van der Waals surface area contributed by atoms with Crippen LogP contribution in [0.5, 0.6) is 0 Å². The van der Waals surface area contributed by atoms with Crippen LogP contribution in [0.3, 0.4) is 0 Å². The molecule has 0 spiro atoms. The van der Waals surface area contributed by atoms with Crippen molar-refractivity contribution in [1.82, 2.24) is 10.2 Å². The monoisotopic (exact) mass is 298 g/mol. The van der Waals surface area contributed by atoms with E-state index in [0.717, 1.165) is 17.0 Å². The number of halogens is 2. The molecule has 1 heterocycles. The molecule has 1 aromatic carbocycles. The summed E-state index contributed by atoms with van der Waals surface area (Å²) in [5, 5.41) is 2.43. The van der Waals surface area contributed by atoms with Gasteiger partial charge in [0, 0.05) is 19.2 Å². The summed E-state index contributed by atoms with van der Waals surface area (Å²) in [6, 6.07) is 1.79. The van der Waals surface area contributed by atoms with Crippen LogP contribution in [0, 0.1) is 11.6 Å². The van der Waals surface area contributed by atoms with Crippen LogP contribution in [0.15, 0.2) is 18.2 Å². The van der Waals surface area contributed by atoms with E-state index in [1.807, 2.05) is 0 Å². The van der Waals surface area contributed by atoms with Crippen LogP contribution < -0.4 is 5.32 Å². The van der Waals surface area contributed by atoms with E-state index < -0.39 is 41.2 Å². The number of esters is 1. The van der Waals surface area contributed by atoms with Crippen molar-refractivity contribution in [3.05, 3.63) is 35.4 Å². The van der Waals surface area contributed by atoms with Gasteiger partial charge in [-0.25, -0.2) is 18.4 Å². The van der Waals surface area contributed by atoms with Gasteiger partial charge in [0.25, 0.3) is 5.91 Å². The molecule has 0 radical (unpaired) electrons. The third kappa shape index (κ3) is 3.15. The highest BCUT2D eigenvalue weighted by Gasteiger charge is 2.32. The molecule has 112 valence electrons. The van der Waals surface area contributed by atoms with Gasteiger partial charge >= 0.3 is 12.0 Å². The van der Waals surface area contributed by atoms with Gasteiger partial charge in [-0.15, -0.1) is 0 Å². The average Bonchev–Trinajstić information content (AvgIpc) is 2.83. The lowest BCUT2D eigenvalue weighted by Gasteiger charge is -2.18. The first-order valence-corrected chi connectivity index (χ1v) is 6.15. The SMILES string of the molecule is CC(OC(=O)c1ccc(F)cc1F)C(=O)N1CCNC1=O. The second-order valence-corrected chi connectivity index (χ2v) is 4.39. The number of amides is 3. The molecular formula is C13H12F2N2O4. The molecule has 0 saturated carbocycles. The Labute approximate surface area is 118 Å². The predicted molar refractivity (Wildman–Crippen MR) is 66.3 cm³/mol. The molecule has 1 N–H and O–H groups in total. The number of hydrogen-bond donors (Lipinski definition) is 1. The molecule has 8 heteroatoms. The number of benzene rings is 1. The molecule has 0 bridgehead atoms. The van der Waals surface area contributed by atoms with Gasteiger partial charge in [-0.3, -0.25) is 9.69 Å². The maximum Gasteiger partial charge on any atom is 0.341 e. The highest BCUT2D eigenvalue weighted by atomic mass is 19.1. The number of nitrogens with zero attached hydrogens (tertiary/aromatic N) is 1. The molecule has 1 unspecified atom stereocenters. The van der Waals surface area contributed by atoms with E-state index in [9.17, 15) is 23.2 Å². The minimum Gasteiger partial charge on any atom is -0.449 e. The molecule has 1 aliphatic rings. The number of imide groups is 1. The average molecular weight is 298 g/mol. The molecule has 1 fully saturated rings. The molecule has 1 aromatic rings. The van der Waals surface area contributed by atoms with E-state index in [2.05, 4.69) is 5.32 Å². The van der Waals surface area contributed by atoms with Gasteiger partial charge in [-0.2, -0.15) is 0 Å². The van der Waals surface area contributed by atoms with Gasteiger partial charge in [0.1, 0.15) is 11.6 Å². The zero-order valence-electron chi connectivity index (χ0n) is 11.1. The Morgan fingerprint density at radius 1 is 1.38 bits per heavy atom. The number of carbonyl (C=O) groups is 3. The zero-order valence-corrected chi connectivity index (χ0v) is 11.1. The first-order valence-electron chi connectivity index (χ1n) is 6.15. The van der Waals surface area contributed by atoms with Gasteiger partial charge in [-0.1, -0.05) is 0 Å². The summed E-state index contributed by atoms with van der Waals surface area (Å²) in [6.45, 7) is 1.76. The Balaban J connectivity index is 2.05. The van der Waals surface area contributed by atoms with Crippen LogP contribution >= 0.6 is 0 Å². The van der Waals surface area contributed by atoms with E-state index in [1.165, 1.54) is 6.92 Å². The smallest absolute Gasteiger partial charge is 0.341 e. The lowest BCUT2D eigenvalue weighted by molar-refractivity contribution is -0.136. The van der Waals surface area contributed by atoms with Crippen molar-refractivity contribution in [1.29, 1.82) is 0 Å². The van der Waals surface area contributed by atoms with E-state index in [0.29, 0.717) is 12.6 Å². The van der Waals surface area contributed by atoms with E-state index in [-0.39, 0.29) is 6.54 Å². The fourth-order valence-corrected chi connectivity index (χ4v) is 1.83. The first-order chi connectivity index (χ1) is 9.90. The van der Waals surface area contributed by atoms with E-state index >= 15 is 0 Å². The summed E-state index contributed by atoms with van der Waals surface area (Å²) >= 11 is 0. The predicted octanol–water partition coefficient (Wildman–Crippen LogP) is 1.06. The highest BCUT2D eigenvalue weighted by molar-refractivity contribution is 5.99. The van der Waals surface area contributed by atoms with Crippen molar-refractivity contribution in [3.63, 3.8) is 0 Å². The Kier molecular flexibility index (Phi) is 4.15. The molecule has 1 aliphatic heterocycles. The van der Waals surface area contributed by atoms with Gasteiger partial charge in [-0.05, 0) is 19.1 Å². The second-order valence-electron chi connectivity index (χ2n) is 4.39. The largest absolute Gasteiger partial charge is 0.449 e. The topological polar surface area (TPSA) is 75.7 Å². The van der Waals surface area contributed by atoms with Crippen molar-refractivity contribution < 1.29 is 27.9 Å². The number of urea groups is 1. The number of rotatable bonds is 3. The molecule has 21 heavy (non-hydrogen) atoms. The number of nitrogens with one attached hydrogen (secondary N) is 1. The van der Waals surface area contributed by atoms with E-state index in [1.54, 1.807) is 0 Å². The standard InChI is InChI=1S/C13H12F2N2O4/c1-7(11(18)17-5-4-16-13(17)20)21-12(19)9-3-2-8(14)6-10(9)15/h2-3,6-7H,4-5H2,1H3,(H,16,20). The summed E-state index contributed by atoms with van der Waals surface area (Å²) in [4.78, 5) is 35.8. The summed E-state index contributed by atoms with van der Waals surface area (Å²) in [5.74, 6) is -3.73. The minimum absolute atomic E-state index is 0.171. The molecule has 1 atom stereocenters. The number of hydrogen-bond acceptors (Lipinski definition) is 4. The summed E-state index contributed by atoms with van der Waals surface area (Å²) in [7, 11) is 0. The van der Waals surface area contributed by atoms with Crippen molar-refractivity contribution in [3.8, 4) is 0 Å². The van der Waals surface area contributed by atoms with Crippen LogP contribution in [-0.2, 0) is 9.53 Å². The van der Waals surface area contributed by atoms with Crippen LogP contribution in [0.4, 0.5) is 13.6 Å². The van der Waals surface area contributed by atoms with Crippen LogP contribution in [0.1, 0.15) is 17.3 Å². The Morgan fingerprint density at radius 3 is 2.67 bits per heavy atom. The normalized spacial score (nSPS) is 15.6. The number of carbonyl (C=O) groups excluding carboxylic acids is 3. The molecule has 6 nitrogen and oxygen atoms in total. The van der Waals surface area contributed by atoms with Crippen molar-refractivity contribution in [2.75, 3.05) is 13.1 Å². The molecule has 0 aromatic heterocycles. The molecule has 1 saturated heterocycles. The first kappa shape index (κ1) is 14.9. The zero-order chi connectivity index (χ0) is 15.6. The minimum atomic E-state index is -1.26. The fraction of sp³-hybridized carbons (Fsp3) is 0.308. The number of ether oxygens (including phenoxy) is 1. The van der Waals surface area contributed by atoms with Gasteiger partial charge < -0.3 is 10.1 Å². The summed E-state index contributed by atoms with van der Waals surface area (Å²) < 4.78 is 31.0. The molecular weight excluding hydrogens is 286 g/mol. The Morgan fingerprint density at radius 2 is 2.10 bits per heavy atom. The maximum atomic E-state index is 13.4. The van der Waals surface area contributed by atoms with Gasteiger partial charge in [0.15, 0.2) is 6.10 Å². The highest BCUT2D eigenvalue weighted by Crippen LogP contribution is 2.13. The molecule has 2 rings (SSSR count). The van der Waals surface area contributed by atoms with Crippen LogP contribution in [0.2, 0.25) is 0 Å². The Hall–Kier alpha value is -2.51. The molecule has 0 aliphatic carbocycles. The maximum absolute atomic E-state index is 13.4. The van der Waals surface area contributed by atoms with Crippen LogP contribution in [0.25, 0.3) is 0 Å². The van der Waals surface area contributed by atoms with Gasteiger partial charge in [0.2, 0.25) is 0 Å². The van der Waals surface area contributed by atoms with E-state index in [4.69, 9.17) is 4.74 Å².